The molecule has 3 atom stereocenters. The smallest absolute Gasteiger partial charge is 0.142 e. The van der Waals surface area contributed by atoms with E-state index in [0.717, 1.165) is 24.2 Å². The van der Waals surface area contributed by atoms with E-state index in [1.807, 2.05) is 0 Å². The molecule has 2 heterocycles. The highest BCUT2D eigenvalue weighted by molar-refractivity contribution is 5.62. The van der Waals surface area contributed by atoms with Gasteiger partial charge in [0, 0.05) is 6.54 Å². The van der Waals surface area contributed by atoms with Crippen LogP contribution in [0, 0.1) is 11.8 Å². The van der Waals surface area contributed by atoms with E-state index < -0.39 is 0 Å². The van der Waals surface area contributed by atoms with Crippen molar-refractivity contribution in [2.45, 2.75) is 12.5 Å². The third-order valence-corrected chi connectivity index (χ3v) is 3.89. The minimum absolute atomic E-state index is 0.676. The summed E-state index contributed by atoms with van der Waals surface area (Å²) in [6, 6.07) is 9.10. The van der Waals surface area contributed by atoms with Gasteiger partial charge in [0.15, 0.2) is 0 Å². The molecule has 1 saturated carbocycles. The van der Waals surface area contributed by atoms with E-state index in [1.54, 1.807) is 0 Å². The Balaban J connectivity index is 1.81. The van der Waals surface area contributed by atoms with Crippen molar-refractivity contribution in [1.82, 2.24) is 0 Å². The normalized spacial score (nSPS) is 36.9. The van der Waals surface area contributed by atoms with E-state index in [0.29, 0.717) is 6.04 Å². The molecule has 0 spiro atoms. The Morgan fingerprint density at radius 3 is 3.21 bits per heavy atom. The lowest BCUT2D eigenvalue weighted by molar-refractivity contribution is 0.260. The average Bonchev–Trinajstić information content (AvgIpc) is 2.91. The van der Waals surface area contributed by atoms with Gasteiger partial charge in [0.1, 0.15) is 12.4 Å². The van der Waals surface area contributed by atoms with Crippen molar-refractivity contribution in [3.63, 3.8) is 0 Å². The van der Waals surface area contributed by atoms with Gasteiger partial charge in [0.25, 0.3) is 0 Å². The lowest BCUT2D eigenvalue weighted by atomic mass is 10.1. The molecule has 1 saturated heterocycles. The SMILES string of the molecule is c1ccc2c(c1)OCC1C3CC3CN21. The second kappa shape index (κ2) is 2.25. The van der Waals surface area contributed by atoms with Gasteiger partial charge in [-0.25, -0.2) is 0 Å². The number of hydrogen-bond donors (Lipinski definition) is 0. The van der Waals surface area contributed by atoms with Crippen LogP contribution in [0.2, 0.25) is 0 Å². The summed E-state index contributed by atoms with van der Waals surface area (Å²) in [5.74, 6) is 2.98. The van der Waals surface area contributed by atoms with Gasteiger partial charge in [-0.15, -0.1) is 0 Å². The predicted octanol–water partition coefficient (Wildman–Crippen LogP) is 1.90. The second-order valence-electron chi connectivity index (χ2n) is 4.66. The van der Waals surface area contributed by atoms with Crippen molar-refractivity contribution in [3.05, 3.63) is 24.3 Å². The van der Waals surface area contributed by atoms with Crippen LogP contribution < -0.4 is 9.64 Å². The molecule has 72 valence electrons. The molecule has 4 rings (SSSR count). The highest BCUT2D eigenvalue weighted by atomic mass is 16.5. The van der Waals surface area contributed by atoms with Crippen LogP contribution in [0.3, 0.4) is 0 Å². The highest BCUT2D eigenvalue weighted by Gasteiger charge is 2.54. The number of ether oxygens (including phenoxy) is 1. The number of piperidine rings is 1. The van der Waals surface area contributed by atoms with Crippen LogP contribution in [0.4, 0.5) is 5.69 Å². The van der Waals surface area contributed by atoms with E-state index in [2.05, 4.69) is 29.2 Å². The summed E-state index contributed by atoms with van der Waals surface area (Å²) in [5, 5.41) is 0. The molecule has 0 amide bonds. The number of fused-ring (bicyclic) bond motifs is 5. The summed E-state index contributed by atoms with van der Waals surface area (Å²) in [5.41, 5.74) is 1.32. The van der Waals surface area contributed by atoms with E-state index in [4.69, 9.17) is 4.74 Å². The zero-order chi connectivity index (χ0) is 9.12. The molecule has 14 heavy (non-hydrogen) atoms. The molecule has 1 aromatic carbocycles. The number of anilines is 1. The van der Waals surface area contributed by atoms with Gasteiger partial charge in [0.2, 0.25) is 0 Å². The summed E-state index contributed by atoms with van der Waals surface area (Å²) >= 11 is 0. The standard InChI is InChI=1S/C12H13NO/c1-2-4-12-10(3-1)13-6-8-5-9(8)11(13)7-14-12/h1-4,8-9,11H,5-7H2. The first-order chi connectivity index (χ1) is 6.93. The van der Waals surface area contributed by atoms with Gasteiger partial charge >= 0.3 is 0 Å². The first kappa shape index (κ1) is 7.16. The Morgan fingerprint density at radius 1 is 1.29 bits per heavy atom. The molecule has 2 aliphatic heterocycles. The van der Waals surface area contributed by atoms with E-state index in [-0.39, 0.29) is 0 Å². The molecule has 0 aromatic heterocycles. The largest absolute Gasteiger partial charge is 0.489 e. The first-order valence-electron chi connectivity index (χ1n) is 5.42. The third-order valence-electron chi connectivity index (χ3n) is 3.89. The second-order valence-corrected chi connectivity index (χ2v) is 4.66. The maximum Gasteiger partial charge on any atom is 0.142 e. The molecule has 2 fully saturated rings. The lowest BCUT2D eigenvalue weighted by Gasteiger charge is -2.35. The Labute approximate surface area is 83.5 Å². The number of rotatable bonds is 0. The molecule has 3 aliphatic rings. The summed E-state index contributed by atoms with van der Waals surface area (Å²) in [6.45, 7) is 2.16. The van der Waals surface area contributed by atoms with Crippen LogP contribution in [0.15, 0.2) is 24.3 Å². The summed E-state index contributed by atoms with van der Waals surface area (Å²) in [7, 11) is 0. The first-order valence-corrected chi connectivity index (χ1v) is 5.42. The van der Waals surface area contributed by atoms with Crippen molar-refractivity contribution in [1.29, 1.82) is 0 Å². The number of hydrogen-bond acceptors (Lipinski definition) is 2. The van der Waals surface area contributed by atoms with E-state index in [9.17, 15) is 0 Å². The van der Waals surface area contributed by atoms with Gasteiger partial charge in [-0.2, -0.15) is 0 Å². The van der Waals surface area contributed by atoms with Gasteiger partial charge in [-0.1, -0.05) is 12.1 Å². The summed E-state index contributed by atoms with van der Waals surface area (Å²) in [4.78, 5) is 2.55. The van der Waals surface area contributed by atoms with Crippen molar-refractivity contribution in [3.8, 4) is 5.75 Å². The van der Waals surface area contributed by atoms with E-state index >= 15 is 0 Å². The molecule has 3 unspecified atom stereocenters. The Hall–Kier alpha value is -1.18. The van der Waals surface area contributed by atoms with Crippen LogP contribution in [0.5, 0.6) is 5.75 Å². The Kier molecular flexibility index (Phi) is 1.15. The Bertz CT molecular complexity index is 390. The molecular formula is C12H13NO. The maximum absolute atomic E-state index is 5.79. The number of para-hydroxylation sites is 2. The highest BCUT2D eigenvalue weighted by Crippen LogP contribution is 2.53. The third kappa shape index (κ3) is 0.770. The topological polar surface area (TPSA) is 12.5 Å². The van der Waals surface area contributed by atoms with Crippen molar-refractivity contribution < 1.29 is 4.74 Å². The molecule has 0 radical (unpaired) electrons. The van der Waals surface area contributed by atoms with Crippen LogP contribution in [0.1, 0.15) is 6.42 Å². The number of benzene rings is 1. The van der Waals surface area contributed by atoms with Crippen molar-refractivity contribution in [2.75, 3.05) is 18.1 Å². The van der Waals surface area contributed by atoms with Gasteiger partial charge in [0.05, 0.1) is 11.7 Å². The Morgan fingerprint density at radius 2 is 2.21 bits per heavy atom. The van der Waals surface area contributed by atoms with Gasteiger partial charge < -0.3 is 9.64 Å². The average molecular weight is 187 g/mol. The molecular weight excluding hydrogens is 174 g/mol. The zero-order valence-electron chi connectivity index (χ0n) is 8.02. The fourth-order valence-electron chi connectivity index (χ4n) is 3.05. The summed E-state index contributed by atoms with van der Waals surface area (Å²) in [6.07, 6.45) is 1.44. The zero-order valence-corrected chi connectivity index (χ0v) is 8.02. The fraction of sp³-hybridized carbons (Fsp3) is 0.500. The van der Waals surface area contributed by atoms with Gasteiger partial charge in [-0.05, 0) is 30.4 Å². The molecule has 2 nitrogen and oxygen atoms in total. The number of nitrogens with zero attached hydrogens (tertiary/aromatic N) is 1. The summed E-state index contributed by atoms with van der Waals surface area (Å²) < 4.78 is 5.79. The van der Waals surface area contributed by atoms with Crippen molar-refractivity contribution >= 4 is 5.69 Å². The minimum atomic E-state index is 0.676. The van der Waals surface area contributed by atoms with Crippen LogP contribution >= 0.6 is 0 Å². The van der Waals surface area contributed by atoms with Crippen LogP contribution in [-0.2, 0) is 0 Å². The fourth-order valence-corrected chi connectivity index (χ4v) is 3.05. The van der Waals surface area contributed by atoms with Gasteiger partial charge in [-0.3, -0.25) is 0 Å². The van der Waals surface area contributed by atoms with Crippen molar-refractivity contribution in [2.24, 2.45) is 11.8 Å². The lowest BCUT2D eigenvalue weighted by Crippen LogP contribution is -2.41. The monoisotopic (exact) mass is 187 g/mol. The van der Waals surface area contributed by atoms with Crippen LogP contribution in [0.25, 0.3) is 0 Å². The molecule has 0 bridgehead atoms. The maximum atomic E-state index is 5.79. The molecule has 0 N–H and O–H groups in total. The minimum Gasteiger partial charge on any atom is -0.489 e. The molecule has 1 aliphatic carbocycles. The molecule has 2 heteroatoms. The quantitative estimate of drug-likeness (QED) is 0.615. The molecule has 1 aromatic rings. The van der Waals surface area contributed by atoms with Crippen LogP contribution in [-0.4, -0.2) is 19.2 Å². The van der Waals surface area contributed by atoms with E-state index in [1.165, 1.54) is 18.7 Å². The predicted molar refractivity (Wildman–Crippen MR) is 54.7 cm³/mol.